The van der Waals surface area contributed by atoms with Crippen molar-refractivity contribution in [1.82, 2.24) is 0 Å². The van der Waals surface area contributed by atoms with E-state index < -0.39 is 11.5 Å². The third-order valence-electron chi connectivity index (χ3n) is 3.01. The van der Waals surface area contributed by atoms with E-state index in [2.05, 4.69) is 13.8 Å². The molecular formula is C13H26O3. The Balaban J connectivity index is 4.30. The van der Waals surface area contributed by atoms with Crippen LogP contribution in [-0.4, -0.2) is 23.8 Å². The Labute approximate surface area is 99.2 Å². The Morgan fingerprint density at radius 3 is 2.31 bits per heavy atom. The van der Waals surface area contributed by atoms with Crippen LogP contribution in [0.4, 0.5) is 0 Å². The van der Waals surface area contributed by atoms with Crippen molar-refractivity contribution in [2.75, 3.05) is 6.61 Å². The van der Waals surface area contributed by atoms with Gasteiger partial charge in [0.05, 0.1) is 11.5 Å². The zero-order valence-electron chi connectivity index (χ0n) is 11.2. The summed E-state index contributed by atoms with van der Waals surface area (Å²) in [5.74, 6) is 0.282. The zero-order valence-corrected chi connectivity index (χ0v) is 11.2. The molecule has 96 valence electrons. The van der Waals surface area contributed by atoms with E-state index in [-0.39, 0.29) is 12.6 Å². The molecule has 16 heavy (non-hydrogen) atoms. The summed E-state index contributed by atoms with van der Waals surface area (Å²) < 4.78 is 5.16. The van der Waals surface area contributed by atoms with Crippen LogP contribution < -0.4 is 0 Å². The van der Waals surface area contributed by atoms with Crippen molar-refractivity contribution in [3.63, 3.8) is 0 Å². The zero-order chi connectivity index (χ0) is 12.8. The summed E-state index contributed by atoms with van der Waals surface area (Å²) >= 11 is 0. The van der Waals surface area contributed by atoms with Crippen LogP contribution in [0.25, 0.3) is 0 Å². The average molecular weight is 230 g/mol. The van der Waals surface area contributed by atoms with Gasteiger partial charge in [-0.25, -0.2) is 0 Å². The molecule has 3 heteroatoms. The van der Waals surface area contributed by atoms with E-state index in [1.165, 1.54) is 0 Å². The van der Waals surface area contributed by atoms with Crippen LogP contribution in [0.2, 0.25) is 0 Å². The van der Waals surface area contributed by atoms with Crippen molar-refractivity contribution in [3.05, 3.63) is 0 Å². The predicted molar refractivity (Wildman–Crippen MR) is 65.1 cm³/mol. The van der Waals surface area contributed by atoms with Crippen LogP contribution in [-0.2, 0) is 9.53 Å². The minimum atomic E-state index is -0.538. The number of ether oxygens (including phenoxy) is 1. The SMILES string of the molecule is CCC(O)COC(=O)C(C)(CC)CC(C)C. The van der Waals surface area contributed by atoms with E-state index in [0.717, 1.165) is 12.8 Å². The van der Waals surface area contributed by atoms with E-state index in [9.17, 15) is 9.90 Å². The van der Waals surface area contributed by atoms with Gasteiger partial charge < -0.3 is 9.84 Å². The molecule has 0 saturated carbocycles. The lowest BCUT2D eigenvalue weighted by Gasteiger charge is -2.28. The minimum Gasteiger partial charge on any atom is -0.463 e. The molecule has 0 aliphatic carbocycles. The van der Waals surface area contributed by atoms with Crippen LogP contribution in [0.3, 0.4) is 0 Å². The van der Waals surface area contributed by atoms with Crippen molar-refractivity contribution in [3.8, 4) is 0 Å². The Morgan fingerprint density at radius 2 is 1.94 bits per heavy atom. The second-order valence-corrected chi connectivity index (χ2v) is 5.17. The Morgan fingerprint density at radius 1 is 1.38 bits per heavy atom. The molecule has 3 nitrogen and oxygen atoms in total. The standard InChI is InChI=1S/C13H26O3/c1-6-11(14)9-16-12(15)13(5,7-2)8-10(3)4/h10-11,14H,6-9H2,1-5H3. The summed E-state index contributed by atoms with van der Waals surface area (Å²) in [5, 5.41) is 9.35. The maximum Gasteiger partial charge on any atom is 0.311 e. The van der Waals surface area contributed by atoms with Crippen LogP contribution in [0.15, 0.2) is 0 Å². The molecule has 0 rings (SSSR count). The molecule has 0 aromatic heterocycles. The van der Waals surface area contributed by atoms with Crippen molar-refractivity contribution in [1.29, 1.82) is 0 Å². The number of hydrogen-bond donors (Lipinski definition) is 1. The average Bonchev–Trinajstić information content (AvgIpc) is 2.23. The van der Waals surface area contributed by atoms with Crippen LogP contribution >= 0.6 is 0 Å². The molecule has 0 bridgehead atoms. The van der Waals surface area contributed by atoms with Crippen molar-refractivity contribution in [2.24, 2.45) is 11.3 Å². The molecule has 0 fully saturated rings. The third kappa shape index (κ3) is 4.97. The minimum absolute atomic E-state index is 0.114. The van der Waals surface area contributed by atoms with Crippen molar-refractivity contribution in [2.45, 2.75) is 60.0 Å². The number of carbonyl (C=O) groups excluding carboxylic acids is 1. The highest BCUT2D eigenvalue weighted by Gasteiger charge is 2.33. The number of rotatable bonds is 7. The van der Waals surface area contributed by atoms with E-state index in [4.69, 9.17) is 4.74 Å². The number of aliphatic hydroxyl groups is 1. The van der Waals surface area contributed by atoms with Gasteiger partial charge in [0, 0.05) is 0 Å². The Bertz CT molecular complexity index is 213. The van der Waals surface area contributed by atoms with E-state index in [1.807, 2.05) is 20.8 Å². The molecule has 2 atom stereocenters. The van der Waals surface area contributed by atoms with Gasteiger partial charge in [0.25, 0.3) is 0 Å². The van der Waals surface area contributed by atoms with Gasteiger partial charge in [-0.1, -0.05) is 27.7 Å². The number of hydrogen-bond acceptors (Lipinski definition) is 3. The van der Waals surface area contributed by atoms with Crippen LogP contribution in [0, 0.1) is 11.3 Å². The first kappa shape index (κ1) is 15.4. The number of esters is 1. The van der Waals surface area contributed by atoms with E-state index in [0.29, 0.717) is 12.3 Å². The topological polar surface area (TPSA) is 46.5 Å². The van der Waals surface area contributed by atoms with Gasteiger partial charge in [-0.3, -0.25) is 4.79 Å². The molecule has 0 saturated heterocycles. The first-order valence-corrected chi connectivity index (χ1v) is 6.21. The van der Waals surface area contributed by atoms with Gasteiger partial charge >= 0.3 is 5.97 Å². The Kier molecular flexibility index (Phi) is 6.65. The summed E-state index contributed by atoms with van der Waals surface area (Å²) in [4.78, 5) is 11.9. The molecular weight excluding hydrogens is 204 g/mol. The smallest absolute Gasteiger partial charge is 0.311 e. The lowest BCUT2D eigenvalue weighted by atomic mass is 9.80. The van der Waals surface area contributed by atoms with Gasteiger partial charge in [0.15, 0.2) is 0 Å². The molecule has 1 N–H and O–H groups in total. The summed E-state index contributed by atoms with van der Waals surface area (Å²) in [7, 11) is 0. The number of carbonyl (C=O) groups is 1. The fourth-order valence-electron chi connectivity index (χ4n) is 1.74. The second-order valence-electron chi connectivity index (χ2n) is 5.17. The monoisotopic (exact) mass is 230 g/mol. The second kappa shape index (κ2) is 6.89. The predicted octanol–water partition coefficient (Wildman–Crippen LogP) is 2.76. The van der Waals surface area contributed by atoms with Gasteiger partial charge in [0.2, 0.25) is 0 Å². The quantitative estimate of drug-likeness (QED) is 0.684. The molecule has 0 aromatic rings. The van der Waals surface area contributed by atoms with Crippen molar-refractivity contribution >= 4 is 5.97 Å². The first-order chi connectivity index (χ1) is 7.35. The highest BCUT2D eigenvalue weighted by atomic mass is 16.5. The lowest BCUT2D eigenvalue weighted by Crippen LogP contribution is -2.32. The molecule has 0 spiro atoms. The summed E-state index contributed by atoms with van der Waals surface area (Å²) in [6, 6.07) is 0. The summed E-state index contributed by atoms with van der Waals surface area (Å²) in [6.07, 6.45) is 1.67. The van der Waals surface area contributed by atoms with Gasteiger partial charge in [-0.05, 0) is 32.1 Å². The molecule has 0 aliphatic rings. The molecule has 0 heterocycles. The Hall–Kier alpha value is -0.570. The molecule has 0 aromatic carbocycles. The third-order valence-corrected chi connectivity index (χ3v) is 3.01. The van der Waals surface area contributed by atoms with Gasteiger partial charge in [0.1, 0.15) is 6.61 Å². The maximum absolute atomic E-state index is 11.9. The lowest BCUT2D eigenvalue weighted by molar-refractivity contribution is -0.159. The van der Waals surface area contributed by atoms with E-state index >= 15 is 0 Å². The van der Waals surface area contributed by atoms with Crippen LogP contribution in [0.5, 0.6) is 0 Å². The molecule has 0 aliphatic heterocycles. The summed E-state index contributed by atoms with van der Waals surface area (Å²) in [6.45, 7) is 10.1. The normalized spacial score (nSPS) is 16.9. The van der Waals surface area contributed by atoms with Crippen molar-refractivity contribution < 1.29 is 14.6 Å². The molecule has 2 unspecified atom stereocenters. The number of aliphatic hydroxyl groups excluding tert-OH is 1. The molecule has 0 amide bonds. The molecule has 0 radical (unpaired) electrons. The highest BCUT2D eigenvalue weighted by Crippen LogP contribution is 2.31. The van der Waals surface area contributed by atoms with Gasteiger partial charge in [-0.15, -0.1) is 0 Å². The van der Waals surface area contributed by atoms with Gasteiger partial charge in [-0.2, -0.15) is 0 Å². The highest BCUT2D eigenvalue weighted by molar-refractivity contribution is 5.76. The maximum atomic E-state index is 11.9. The largest absolute Gasteiger partial charge is 0.463 e. The van der Waals surface area contributed by atoms with E-state index in [1.54, 1.807) is 0 Å². The van der Waals surface area contributed by atoms with Crippen LogP contribution in [0.1, 0.15) is 53.9 Å². The summed E-state index contributed by atoms with van der Waals surface area (Å²) in [5.41, 5.74) is -0.415. The fraction of sp³-hybridized carbons (Fsp3) is 0.923. The first-order valence-electron chi connectivity index (χ1n) is 6.21. The fourth-order valence-corrected chi connectivity index (χ4v) is 1.74.